The van der Waals surface area contributed by atoms with E-state index in [1.54, 1.807) is 41.3 Å². The molecule has 0 aliphatic rings. The molecule has 0 atom stereocenters. The first-order chi connectivity index (χ1) is 16.0. The predicted octanol–water partition coefficient (Wildman–Crippen LogP) is 5.77. The SMILES string of the molecule is CC(C)CN(Cc1cccc(OS(=O)(=O)c2cccc(C(F)(F)F)c2)c1)C(=O)c1ccccc1. The molecule has 0 aromatic heterocycles. The summed E-state index contributed by atoms with van der Waals surface area (Å²) in [7, 11) is -4.50. The lowest BCUT2D eigenvalue weighted by Gasteiger charge is -2.25. The van der Waals surface area contributed by atoms with Gasteiger partial charge in [-0.3, -0.25) is 4.79 Å². The average Bonchev–Trinajstić information content (AvgIpc) is 2.78. The maximum Gasteiger partial charge on any atom is 0.416 e. The molecule has 0 spiro atoms. The molecule has 34 heavy (non-hydrogen) atoms. The standard InChI is InChI=1S/C25H24F3NO4S/c1-18(2)16-29(24(30)20-9-4-3-5-10-20)17-19-8-6-12-22(14-19)33-34(31,32)23-13-7-11-21(15-23)25(26,27)28/h3-15,18H,16-17H2,1-2H3. The third-order valence-electron chi connectivity index (χ3n) is 4.82. The Balaban J connectivity index is 1.82. The Bertz CT molecular complexity index is 1240. The minimum Gasteiger partial charge on any atom is -0.379 e. The Morgan fingerprint density at radius 1 is 0.941 bits per heavy atom. The Kier molecular flexibility index (Phi) is 7.66. The molecule has 0 saturated carbocycles. The van der Waals surface area contributed by atoms with E-state index >= 15 is 0 Å². The van der Waals surface area contributed by atoms with Gasteiger partial charge in [0.1, 0.15) is 10.6 Å². The molecule has 0 radical (unpaired) electrons. The van der Waals surface area contributed by atoms with Crippen molar-refractivity contribution in [3.05, 3.63) is 95.6 Å². The first-order valence-electron chi connectivity index (χ1n) is 10.5. The van der Waals surface area contributed by atoms with Gasteiger partial charge in [0, 0.05) is 18.7 Å². The van der Waals surface area contributed by atoms with Crippen LogP contribution in [0.3, 0.4) is 0 Å². The summed E-state index contributed by atoms with van der Waals surface area (Å²) in [6.45, 7) is 4.63. The summed E-state index contributed by atoms with van der Waals surface area (Å²) < 4.78 is 69.2. The van der Waals surface area contributed by atoms with Gasteiger partial charge in [-0.1, -0.05) is 50.2 Å². The van der Waals surface area contributed by atoms with Crippen molar-refractivity contribution in [2.24, 2.45) is 5.92 Å². The molecule has 1 amide bonds. The predicted molar refractivity (Wildman–Crippen MR) is 122 cm³/mol. The van der Waals surface area contributed by atoms with Crippen LogP contribution in [0, 0.1) is 5.92 Å². The molecular formula is C25H24F3NO4S. The molecule has 0 unspecified atom stereocenters. The van der Waals surface area contributed by atoms with Gasteiger partial charge in [-0.2, -0.15) is 21.6 Å². The summed E-state index contributed by atoms with van der Waals surface area (Å²) in [6, 6.07) is 18.3. The van der Waals surface area contributed by atoms with Crippen molar-refractivity contribution in [3.63, 3.8) is 0 Å². The van der Waals surface area contributed by atoms with Gasteiger partial charge >= 0.3 is 16.3 Å². The maximum absolute atomic E-state index is 13.0. The van der Waals surface area contributed by atoms with Crippen LogP contribution in [-0.2, 0) is 22.8 Å². The lowest BCUT2D eigenvalue weighted by molar-refractivity contribution is -0.137. The summed E-state index contributed by atoms with van der Waals surface area (Å²) in [4.78, 5) is 14.1. The second kappa shape index (κ2) is 10.3. The third-order valence-corrected chi connectivity index (χ3v) is 6.06. The summed E-state index contributed by atoms with van der Waals surface area (Å²) in [5, 5.41) is 0. The van der Waals surface area contributed by atoms with Crippen LogP contribution >= 0.6 is 0 Å². The minimum absolute atomic E-state index is 0.0634. The van der Waals surface area contributed by atoms with Crippen LogP contribution in [0.15, 0.2) is 83.8 Å². The highest BCUT2D eigenvalue weighted by Gasteiger charge is 2.32. The summed E-state index contributed by atoms with van der Waals surface area (Å²) in [5.41, 5.74) is 0.0547. The van der Waals surface area contributed by atoms with Crippen molar-refractivity contribution >= 4 is 16.0 Å². The Morgan fingerprint density at radius 2 is 1.62 bits per heavy atom. The quantitative estimate of drug-likeness (QED) is 0.375. The molecule has 0 saturated heterocycles. The van der Waals surface area contributed by atoms with Crippen LogP contribution in [0.2, 0.25) is 0 Å². The van der Waals surface area contributed by atoms with Gasteiger partial charge in [-0.25, -0.2) is 0 Å². The first kappa shape index (κ1) is 25.3. The lowest BCUT2D eigenvalue weighted by Crippen LogP contribution is -2.33. The maximum atomic E-state index is 13.0. The summed E-state index contributed by atoms with van der Waals surface area (Å²) in [5.74, 6) is -0.0443. The first-order valence-corrected chi connectivity index (χ1v) is 11.9. The average molecular weight is 492 g/mol. The smallest absolute Gasteiger partial charge is 0.379 e. The number of amides is 1. The second-order valence-corrected chi connectivity index (χ2v) is 9.70. The lowest BCUT2D eigenvalue weighted by atomic mass is 10.1. The number of halogens is 3. The van der Waals surface area contributed by atoms with Gasteiger partial charge in [0.2, 0.25) is 0 Å². The van der Waals surface area contributed by atoms with Gasteiger partial charge in [0.15, 0.2) is 0 Å². The molecule has 0 aliphatic heterocycles. The van der Waals surface area contributed by atoms with Gasteiger partial charge in [0.05, 0.1) is 5.56 Å². The fourth-order valence-corrected chi connectivity index (χ4v) is 4.31. The fraction of sp³-hybridized carbons (Fsp3) is 0.240. The zero-order valence-electron chi connectivity index (χ0n) is 18.6. The van der Waals surface area contributed by atoms with Crippen LogP contribution < -0.4 is 4.18 Å². The molecule has 180 valence electrons. The van der Waals surface area contributed by atoms with Crippen LogP contribution in [-0.4, -0.2) is 25.8 Å². The minimum atomic E-state index is -4.68. The van der Waals surface area contributed by atoms with Crippen LogP contribution in [0.4, 0.5) is 13.2 Å². The highest BCUT2D eigenvalue weighted by atomic mass is 32.2. The van der Waals surface area contributed by atoms with Crippen LogP contribution in [0.1, 0.15) is 35.3 Å². The number of benzene rings is 3. The largest absolute Gasteiger partial charge is 0.416 e. The molecule has 0 N–H and O–H groups in total. The third kappa shape index (κ3) is 6.60. The zero-order chi connectivity index (χ0) is 24.9. The molecular weight excluding hydrogens is 467 g/mol. The van der Waals surface area contributed by atoms with Gasteiger partial charge in [0.25, 0.3) is 5.91 Å². The number of hydrogen-bond donors (Lipinski definition) is 0. The molecule has 3 aromatic rings. The van der Waals surface area contributed by atoms with Crippen molar-refractivity contribution in [1.29, 1.82) is 0 Å². The van der Waals surface area contributed by atoms with E-state index in [-0.39, 0.29) is 24.1 Å². The summed E-state index contributed by atoms with van der Waals surface area (Å²) >= 11 is 0. The van der Waals surface area contributed by atoms with Crippen molar-refractivity contribution in [3.8, 4) is 5.75 Å². The van der Waals surface area contributed by atoms with Gasteiger partial charge < -0.3 is 9.08 Å². The molecule has 9 heteroatoms. The van der Waals surface area contributed by atoms with Gasteiger partial charge in [-0.15, -0.1) is 0 Å². The topological polar surface area (TPSA) is 63.7 Å². The van der Waals surface area contributed by atoms with Crippen molar-refractivity contribution in [1.82, 2.24) is 4.90 Å². The monoisotopic (exact) mass is 491 g/mol. The van der Waals surface area contributed by atoms with E-state index in [0.29, 0.717) is 23.7 Å². The molecule has 5 nitrogen and oxygen atoms in total. The highest BCUT2D eigenvalue weighted by molar-refractivity contribution is 7.87. The molecule has 0 bridgehead atoms. The number of carbonyl (C=O) groups is 1. The number of hydrogen-bond acceptors (Lipinski definition) is 4. The summed E-state index contributed by atoms with van der Waals surface area (Å²) in [6.07, 6.45) is -4.68. The molecule has 3 rings (SSSR count). The Morgan fingerprint density at radius 3 is 2.26 bits per heavy atom. The molecule has 0 heterocycles. The van der Waals surface area contributed by atoms with E-state index in [2.05, 4.69) is 0 Å². The van der Waals surface area contributed by atoms with E-state index in [1.807, 2.05) is 19.9 Å². The Hall–Kier alpha value is -3.33. The number of carbonyl (C=O) groups excluding carboxylic acids is 1. The van der Waals surface area contributed by atoms with Gasteiger partial charge in [-0.05, 0) is 53.9 Å². The van der Waals surface area contributed by atoms with E-state index in [4.69, 9.17) is 4.18 Å². The van der Waals surface area contributed by atoms with Crippen LogP contribution in [0.25, 0.3) is 0 Å². The van der Waals surface area contributed by atoms with Crippen molar-refractivity contribution in [2.45, 2.75) is 31.5 Å². The zero-order valence-corrected chi connectivity index (χ0v) is 19.4. The molecule has 3 aromatic carbocycles. The van der Waals surface area contributed by atoms with Crippen molar-refractivity contribution in [2.75, 3.05) is 6.54 Å². The number of nitrogens with zero attached hydrogens (tertiary/aromatic N) is 1. The Labute approximate surface area is 196 Å². The fourth-order valence-electron chi connectivity index (χ4n) is 3.34. The molecule has 0 aliphatic carbocycles. The normalized spacial score (nSPS) is 11.9. The molecule has 0 fully saturated rings. The van der Waals surface area contributed by atoms with E-state index in [1.165, 1.54) is 12.1 Å². The van der Waals surface area contributed by atoms with E-state index in [0.717, 1.165) is 18.2 Å². The van der Waals surface area contributed by atoms with Crippen molar-refractivity contribution < 1.29 is 30.6 Å². The highest BCUT2D eigenvalue weighted by Crippen LogP contribution is 2.31. The second-order valence-electron chi connectivity index (χ2n) is 8.16. The van der Waals surface area contributed by atoms with Crippen LogP contribution in [0.5, 0.6) is 5.75 Å². The number of rotatable bonds is 8. The van der Waals surface area contributed by atoms with E-state index < -0.39 is 26.8 Å². The number of alkyl halides is 3. The van der Waals surface area contributed by atoms with E-state index in [9.17, 15) is 26.4 Å².